The van der Waals surface area contributed by atoms with Crippen molar-refractivity contribution in [3.63, 3.8) is 0 Å². The van der Waals surface area contributed by atoms with E-state index in [9.17, 15) is 35.7 Å². The van der Waals surface area contributed by atoms with Gasteiger partial charge in [-0.25, -0.2) is 4.52 Å². The summed E-state index contributed by atoms with van der Waals surface area (Å²) in [6.45, 7) is 1.90. The van der Waals surface area contributed by atoms with Crippen LogP contribution in [0.5, 0.6) is 5.88 Å². The lowest BCUT2D eigenvalue weighted by molar-refractivity contribution is -0.866. The highest BCUT2D eigenvalue weighted by Crippen LogP contribution is 2.35. The molecule has 0 saturated carbocycles. The van der Waals surface area contributed by atoms with E-state index in [0.717, 1.165) is 6.42 Å². The molecule has 0 aliphatic carbocycles. The summed E-state index contributed by atoms with van der Waals surface area (Å²) >= 11 is 10.3. The molecule has 1 aromatic rings. The molecule has 264 valence electrons. The maximum Gasteiger partial charge on any atom is 0.421 e. The maximum absolute atomic E-state index is 11.5. The number of aryl methyl sites for hydroxylation is 1. The molecule has 47 heavy (non-hydrogen) atoms. The fourth-order valence-corrected chi connectivity index (χ4v) is 6.02. The van der Waals surface area contributed by atoms with Crippen LogP contribution in [0.2, 0.25) is 0 Å². The predicted molar refractivity (Wildman–Crippen MR) is 168 cm³/mol. The van der Waals surface area contributed by atoms with Crippen molar-refractivity contribution < 1.29 is 68.7 Å². The van der Waals surface area contributed by atoms with Crippen LogP contribution in [0.25, 0.3) is 0 Å². The first kappa shape index (κ1) is 37.7. The molecule has 3 aliphatic rings. The monoisotopic (exact) mass is 706 g/mol. The van der Waals surface area contributed by atoms with Gasteiger partial charge in [0.25, 0.3) is 0 Å². The fourth-order valence-electron chi connectivity index (χ4n) is 5.75. The highest BCUT2D eigenvalue weighted by Gasteiger charge is 2.52. The van der Waals surface area contributed by atoms with Crippen molar-refractivity contribution >= 4 is 34.4 Å². The van der Waals surface area contributed by atoms with E-state index in [1.165, 1.54) is 11.0 Å². The number of unbranched alkanes of at least 4 members (excludes halogenated alkanes) is 2. The molecule has 4 rings (SSSR count). The number of nitrogens with one attached hydrogen (secondary N) is 2. The van der Waals surface area contributed by atoms with Gasteiger partial charge in [-0.05, 0) is 20.3 Å². The van der Waals surface area contributed by atoms with Crippen LogP contribution in [0.3, 0.4) is 0 Å². The zero-order chi connectivity index (χ0) is 34.4. The van der Waals surface area contributed by atoms with Gasteiger partial charge >= 0.3 is 5.88 Å². The van der Waals surface area contributed by atoms with E-state index in [1.54, 1.807) is 13.8 Å². The SMILES string of the molecule is C#CCCCC[n+]1occ2c1OC(COC1OC(CO)[C@H](O[C@@H]3OC(CO)[C@@H](O)[C@H](O)C3NC(C)=S)C(O)[C@H]1NC(C)=S)[C@@H](O)[C@@H]2O. The topological polar surface area (TPSA) is 229 Å². The molecule has 0 aromatic carbocycles. The predicted octanol–water partition coefficient (Wildman–Crippen LogP) is -2.94. The molecule has 0 radical (unpaired) electrons. The number of ether oxygens (including phenoxy) is 5. The highest BCUT2D eigenvalue weighted by atomic mass is 32.1. The largest absolute Gasteiger partial charge is 0.433 e. The van der Waals surface area contributed by atoms with Gasteiger partial charge in [0.15, 0.2) is 31.5 Å². The summed E-state index contributed by atoms with van der Waals surface area (Å²) in [4.78, 5) is 0.507. The maximum atomic E-state index is 11.5. The molecule has 1 aromatic heterocycles. The lowest BCUT2D eigenvalue weighted by Gasteiger charge is -2.48. The van der Waals surface area contributed by atoms with Crippen molar-refractivity contribution in [2.24, 2.45) is 0 Å². The van der Waals surface area contributed by atoms with Crippen molar-refractivity contribution in [3.8, 4) is 18.2 Å². The Hall–Kier alpha value is -2.09. The number of terminal acetylenes is 1. The van der Waals surface area contributed by atoms with Gasteiger partial charge in [-0.2, -0.15) is 0 Å². The Bertz CT molecular complexity index is 1250. The van der Waals surface area contributed by atoms with Crippen molar-refractivity contribution in [1.29, 1.82) is 0 Å². The van der Waals surface area contributed by atoms with Gasteiger partial charge in [0, 0.05) is 17.6 Å². The lowest BCUT2D eigenvalue weighted by Crippen LogP contribution is -2.69. The number of hydrogen-bond acceptors (Lipinski definition) is 15. The first-order chi connectivity index (χ1) is 22.4. The average Bonchev–Trinajstić information content (AvgIpc) is 3.44. The third-order valence-corrected chi connectivity index (χ3v) is 8.42. The molecule has 3 aliphatic heterocycles. The minimum absolute atomic E-state index is 0.225. The molecule has 13 atom stereocenters. The van der Waals surface area contributed by atoms with Crippen LogP contribution in [0.4, 0.5) is 0 Å². The number of rotatable bonds is 13. The summed E-state index contributed by atoms with van der Waals surface area (Å²) in [6.07, 6.45) is -6.03. The molecule has 6 unspecified atom stereocenters. The van der Waals surface area contributed by atoms with E-state index in [2.05, 4.69) is 16.6 Å². The molecule has 9 N–H and O–H groups in total. The van der Waals surface area contributed by atoms with Crippen molar-refractivity contribution in [2.45, 2.75) is 119 Å². The number of fused-ring (bicyclic) bond motifs is 1. The zero-order valence-electron chi connectivity index (χ0n) is 26.0. The van der Waals surface area contributed by atoms with Crippen LogP contribution in [-0.4, -0.2) is 139 Å². The molecular weight excluding hydrogens is 662 g/mol. The van der Waals surface area contributed by atoms with Gasteiger partial charge in [0.2, 0.25) is 0 Å². The smallest absolute Gasteiger partial charge is 0.421 e. The third-order valence-electron chi connectivity index (χ3n) is 8.19. The molecule has 0 spiro atoms. The van der Waals surface area contributed by atoms with Gasteiger partial charge in [0.1, 0.15) is 66.5 Å². The van der Waals surface area contributed by atoms with E-state index >= 15 is 0 Å². The molecule has 2 fully saturated rings. The van der Waals surface area contributed by atoms with Crippen LogP contribution in [0, 0.1) is 12.3 Å². The summed E-state index contributed by atoms with van der Waals surface area (Å²) in [5, 5.41) is 80.0. The second-order valence-corrected chi connectivity index (χ2v) is 12.9. The Morgan fingerprint density at radius 3 is 2.15 bits per heavy atom. The first-order valence-electron chi connectivity index (χ1n) is 15.3. The molecule has 16 nitrogen and oxygen atoms in total. The standard InChI is InChI=1S/C29H43N3O13S2/c1-4-5-6-7-8-32-27-15(11-41-32)21(35)23(37)18(42-27)12-40-28-20(31-14(3)47)25(39)26(17(10-34)44-28)45-29-19(30-13(2)46)24(38)22(36)16(9-33)43-29/h1,11,16-26,28-29,33-39H,5-10,12H2,2-3H3,(H-,30,31,46,47)/p+1/t16?,17?,18?,19?,20-,21-,22-,23-,24-,25?,26+,28?,29+/m1/s1. The Balaban J connectivity index is 1.49. The van der Waals surface area contributed by atoms with E-state index in [-0.39, 0.29) is 28.0 Å². The summed E-state index contributed by atoms with van der Waals surface area (Å²) in [5.41, 5.74) is 0.272. The van der Waals surface area contributed by atoms with E-state index in [4.69, 9.17) is 59.1 Å². The minimum atomic E-state index is -1.49. The number of aliphatic hydroxyl groups is 7. The van der Waals surface area contributed by atoms with Crippen molar-refractivity contribution in [3.05, 3.63) is 11.8 Å². The minimum Gasteiger partial charge on any atom is -0.433 e. The van der Waals surface area contributed by atoms with Gasteiger partial charge in [-0.1, -0.05) is 24.4 Å². The number of thiocarbonyl (C=S) groups is 2. The Morgan fingerprint density at radius 1 is 0.894 bits per heavy atom. The van der Waals surface area contributed by atoms with Crippen LogP contribution in [0.1, 0.15) is 44.8 Å². The Morgan fingerprint density at radius 2 is 1.53 bits per heavy atom. The number of aliphatic hydroxyl groups excluding tert-OH is 7. The fraction of sp³-hybridized carbons (Fsp3) is 0.759. The number of aromatic nitrogens is 1. The molecule has 0 bridgehead atoms. The zero-order valence-corrected chi connectivity index (χ0v) is 27.6. The summed E-state index contributed by atoms with van der Waals surface area (Å²) < 4.78 is 36.8. The molecule has 0 amide bonds. The molecular formula is C29H44N3O13S2+. The number of hydrogen-bond donors (Lipinski definition) is 9. The van der Waals surface area contributed by atoms with E-state index in [1.807, 2.05) is 0 Å². The highest BCUT2D eigenvalue weighted by molar-refractivity contribution is 7.80. The first-order valence-corrected chi connectivity index (χ1v) is 16.1. The van der Waals surface area contributed by atoms with E-state index in [0.29, 0.717) is 19.4 Å². The van der Waals surface area contributed by atoms with Crippen LogP contribution in [0.15, 0.2) is 10.8 Å². The second-order valence-electron chi connectivity index (χ2n) is 11.6. The van der Waals surface area contributed by atoms with Crippen molar-refractivity contribution in [1.82, 2.24) is 10.6 Å². The molecule has 2 saturated heterocycles. The molecule has 18 heteroatoms. The van der Waals surface area contributed by atoms with Gasteiger partial charge in [-0.3, -0.25) is 0 Å². The van der Waals surface area contributed by atoms with Crippen LogP contribution >= 0.6 is 24.4 Å². The summed E-state index contributed by atoms with van der Waals surface area (Å²) in [6, 6.07) is -2.21. The summed E-state index contributed by atoms with van der Waals surface area (Å²) in [5.74, 6) is 2.80. The number of nitrogens with zero attached hydrogens (tertiary/aromatic N) is 1. The van der Waals surface area contributed by atoms with E-state index < -0.39 is 92.8 Å². The van der Waals surface area contributed by atoms with Gasteiger partial charge in [-0.15, -0.1) is 12.3 Å². The summed E-state index contributed by atoms with van der Waals surface area (Å²) in [7, 11) is 0. The lowest BCUT2D eigenvalue weighted by atomic mass is 9.94. The van der Waals surface area contributed by atoms with Crippen LogP contribution in [-0.2, 0) is 25.5 Å². The third kappa shape index (κ3) is 8.75. The van der Waals surface area contributed by atoms with Gasteiger partial charge < -0.3 is 70.1 Å². The van der Waals surface area contributed by atoms with Crippen molar-refractivity contribution in [2.75, 3.05) is 19.8 Å². The second kappa shape index (κ2) is 17.0. The molecule has 4 heterocycles. The normalized spacial score (nSPS) is 36.9. The Labute approximate surface area is 282 Å². The van der Waals surface area contributed by atoms with Gasteiger partial charge in [0.05, 0.1) is 29.8 Å². The average molecular weight is 707 g/mol. The Kier molecular flexibility index (Phi) is 13.7. The quantitative estimate of drug-likeness (QED) is 0.0433. The van der Waals surface area contributed by atoms with Crippen LogP contribution < -0.4 is 20.1 Å².